The maximum Gasteiger partial charge on any atom is 0.407 e. The molecular weight excluding hydrogens is 1800 g/mol. The minimum Gasteiger partial charge on any atom is -0.444 e. The van der Waals surface area contributed by atoms with Crippen LogP contribution in [-0.4, -0.2) is 187 Å². The molecule has 12 heterocycles. The van der Waals surface area contributed by atoms with Crippen LogP contribution in [-0.2, 0) is 67.1 Å². The number of halogens is 2. The Morgan fingerprint density at radius 1 is 0.439 bits per heavy atom. The maximum atomic E-state index is 12.3. The first kappa shape index (κ1) is 106. The summed E-state index contributed by atoms with van der Waals surface area (Å²) in [5.41, 5.74) is 30.7. The molecule has 14 N–H and O–H groups in total. The lowest BCUT2D eigenvalue weighted by atomic mass is 10.1. The second-order valence-corrected chi connectivity index (χ2v) is 38.0. The van der Waals surface area contributed by atoms with Crippen molar-refractivity contribution >= 4 is 156 Å². The first-order chi connectivity index (χ1) is 66.3. The van der Waals surface area contributed by atoms with Crippen molar-refractivity contribution in [2.75, 3.05) is 99.8 Å². The number of piperidine rings is 4. The quantitative estimate of drug-likeness (QED) is 0.00832. The average molecular weight is 1940 g/mol. The highest BCUT2D eigenvalue weighted by molar-refractivity contribution is 6.66. The van der Waals surface area contributed by atoms with Crippen LogP contribution in [0.5, 0.6) is 0 Å². The zero-order chi connectivity index (χ0) is 100. The van der Waals surface area contributed by atoms with Crippen molar-refractivity contribution in [3.8, 4) is 0 Å². The Bertz CT molecular complexity index is 6240. The summed E-state index contributed by atoms with van der Waals surface area (Å²) >= 11 is 10.8. The molecule has 0 saturated carbocycles. The van der Waals surface area contributed by atoms with Gasteiger partial charge >= 0.3 is 18.3 Å². The topological polar surface area (TPSA) is 435 Å². The Morgan fingerprint density at radius 2 is 0.763 bits per heavy atom. The van der Waals surface area contributed by atoms with Crippen LogP contribution < -0.4 is 74.4 Å². The highest BCUT2D eigenvalue weighted by atomic mass is 35.5. The van der Waals surface area contributed by atoms with Gasteiger partial charge in [-0.25, -0.2) is 34.3 Å². The third-order valence-electron chi connectivity index (χ3n) is 22.5. The van der Waals surface area contributed by atoms with Gasteiger partial charge in [0.2, 0.25) is 5.24 Å². The Hall–Kier alpha value is -13.9. The summed E-state index contributed by atoms with van der Waals surface area (Å²) in [5.74, 6) is 5.72. The molecule has 12 aromatic rings. The van der Waals surface area contributed by atoms with Crippen molar-refractivity contribution in [1.82, 2.24) is 79.7 Å². The largest absolute Gasteiger partial charge is 0.444 e. The number of ketones is 2. The summed E-state index contributed by atoms with van der Waals surface area (Å²) in [6, 6.07) is 38.8. The minimum atomic E-state index is -0.541. The average Bonchev–Trinajstić information content (AvgIpc) is 1.71. The number of nitrogen functional groups attached to an aromatic ring is 2. The zero-order valence-electron chi connectivity index (χ0n) is 81.9. The van der Waals surface area contributed by atoms with Crippen molar-refractivity contribution in [3.63, 3.8) is 0 Å². The van der Waals surface area contributed by atoms with Crippen molar-refractivity contribution in [2.24, 2.45) is 5.73 Å². The van der Waals surface area contributed by atoms with E-state index in [9.17, 15) is 28.8 Å². The second-order valence-electron chi connectivity index (χ2n) is 37.3. The number of carbonyl (C=O) groups is 6. The van der Waals surface area contributed by atoms with Crippen LogP contribution in [0.15, 0.2) is 184 Å². The van der Waals surface area contributed by atoms with Crippen molar-refractivity contribution in [3.05, 3.63) is 223 Å². The van der Waals surface area contributed by atoms with Crippen LogP contribution >= 0.6 is 23.2 Å². The fourth-order valence-electron chi connectivity index (χ4n) is 15.9. The molecule has 4 aliphatic heterocycles. The Balaban J connectivity index is 0.000000169. The standard InChI is InChI=1S/C28H36N6O3.C24H33N7O2.C23H28N6O.C14H14ClN5.C10H20N2O2.C3H3ClO/c1-6-20-17-29-34-25(30-21-11-8-10-19(14-21)15-23(35)7-2)16-24(32-26(20)34)33-13-9-12-22(18-33)31-27(36)37-28(3,4)5;1-5-16-14-26-31-21(27-18-9-6-8-17(25)12-18)13-20(29-22(16)31)30-11-7-10-19(15-30)28-23(32)33-24(2,3)4;1-3-17-14-25-29-22(26-19-9-5-7-16(11-19)12-20(30)4-2)13-21(27-23(17)29)28-10-6-8-18(24)15-28;1-2-9-8-17-20-13(7-12(15)19-14(9)20)18-11-5-3-4-10(16)6-11;1-10(2,3)14-9(13)12-8-5-4-6-11-7-8;1-2-3(4)5/h7-8,10-11,14,16-17,22,30H,2,6,9,12-13,15,18H2,1,3-5H3,(H,31,36);6,8-9,12-14,19,27H,5,7,10-11,15,25H2,1-4H3,(H,28,32);4-5,7,9,11,13-14,18,26H,2-3,6,8,10,12,15,24H2,1H3;3-8,18H,2,16H2,1H3;8,11H,4-7H2,1-3H3,(H,12,13);2H,1H2. The molecule has 4 fully saturated rings. The van der Waals surface area contributed by atoms with Crippen LogP contribution in [0.2, 0.25) is 5.15 Å². The predicted molar refractivity (Wildman–Crippen MR) is 555 cm³/mol. The summed E-state index contributed by atoms with van der Waals surface area (Å²) in [4.78, 5) is 94.8. The van der Waals surface area contributed by atoms with Gasteiger partial charge in [0, 0.05) is 163 Å². The molecule has 16 rings (SSSR count). The molecule has 4 aromatic carbocycles. The maximum absolute atomic E-state index is 12.3. The van der Waals surface area contributed by atoms with E-state index in [1.807, 2.05) is 216 Å². The number of aryl methyl sites for hydroxylation is 4. The minimum absolute atomic E-state index is 0.00170. The molecular formula is C102H134Cl2N26O9. The molecule has 8 aromatic heterocycles. The number of rotatable bonds is 25. The molecule has 3 amide bonds. The molecule has 4 atom stereocenters. The molecule has 0 aliphatic carbocycles. The molecule has 35 nitrogen and oxygen atoms in total. The number of amides is 3. The number of fused-ring (bicyclic) bond motifs is 4. The number of allylic oxidation sites excluding steroid dienone is 3. The van der Waals surface area contributed by atoms with Crippen LogP contribution in [0.1, 0.15) is 175 Å². The lowest BCUT2D eigenvalue weighted by Crippen LogP contribution is -2.49. The van der Waals surface area contributed by atoms with Gasteiger partial charge in [-0.1, -0.05) is 95.4 Å². The highest BCUT2D eigenvalue weighted by Gasteiger charge is 2.31. The fraction of sp³-hybridized carbons (Fsp3) is 0.412. The Kier molecular flexibility index (Phi) is 37.5. The summed E-state index contributed by atoms with van der Waals surface area (Å²) in [5, 5.41) is 43.7. The predicted octanol–water partition coefficient (Wildman–Crippen LogP) is 17.7. The van der Waals surface area contributed by atoms with E-state index in [-0.39, 0.29) is 47.9 Å². The highest BCUT2D eigenvalue weighted by Crippen LogP contribution is 2.34. The number of nitrogens with one attached hydrogen (secondary N) is 8. The van der Waals surface area contributed by atoms with E-state index in [0.717, 1.165) is 242 Å². The molecule has 740 valence electrons. The van der Waals surface area contributed by atoms with Crippen LogP contribution in [0.25, 0.3) is 22.6 Å². The van der Waals surface area contributed by atoms with Gasteiger partial charge in [0.05, 0.1) is 24.8 Å². The second kappa shape index (κ2) is 49.4. The summed E-state index contributed by atoms with van der Waals surface area (Å²) < 4.78 is 23.3. The smallest absolute Gasteiger partial charge is 0.407 e. The molecule has 37 heteroatoms. The van der Waals surface area contributed by atoms with E-state index in [2.05, 4.69) is 130 Å². The molecule has 4 unspecified atom stereocenters. The van der Waals surface area contributed by atoms with Crippen LogP contribution in [0.4, 0.5) is 89.2 Å². The number of aromatic nitrogens is 12. The molecule has 4 aliphatic rings. The lowest BCUT2D eigenvalue weighted by molar-refractivity contribution is -0.114. The van der Waals surface area contributed by atoms with E-state index in [0.29, 0.717) is 42.5 Å². The number of anilines is 13. The molecule has 0 spiro atoms. The molecule has 0 bridgehead atoms. The lowest BCUT2D eigenvalue weighted by Gasteiger charge is -2.34. The van der Waals surface area contributed by atoms with E-state index in [1.54, 1.807) is 10.6 Å². The van der Waals surface area contributed by atoms with Crippen LogP contribution in [0, 0.1) is 0 Å². The van der Waals surface area contributed by atoms with Crippen LogP contribution in [0.3, 0.4) is 0 Å². The van der Waals surface area contributed by atoms with Gasteiger partial charge in [0.25, 0.3) is 0 Å². The number of hydrogen-bond acceptors (Lipinski definition) is 28. The first-order valence-corrected chi connectivity index (χ1v) is 48.1. The van der Waals surface area contributed by atoms with E-state index in [4.69, 9.17) is 69.6 Å². The number of nitrogens with zero attached hydrogens (tertiary/aromatic N) is 15. The Labute approximate surface area is 822 Å². The third-order valence-corrected chi connectivity index (χ3v) is 22.8. The molecule has 0 radical (unpaired) electrons. The third kappa shape index (κ3) is 31.8. The number of hydrogen-bond donors (Lipinski definition) is 11. The van der Waals surface area contributed by atoms with Crippen molar-refractivity contribution in [1.29, 1.82) is 0 Å². The van der Waals surface area contributed by atoms with Crippen molar-refractivity contribution in [2.45, 2.75) is 221 Å². The van der Waals surface area contributed by atoms with Gasteiger partial charge in [-0.3, -0.25) is 14.4 Å². The van der Waals surface area contributed by atoms with E-state index < -0.39 is 28.1 Å². The normalized spacial score (nSPS) is 15.9. The van der Waals surface area contributed by atoms with E-state index in [1.165, 1.54) is 12.2 Å². The number of benzene rings is 4. The van der Waals surface area contributed by atoms with E-state index >= 15 is 0 Å². The zero-order valence-corrected chi connectivity index (χ0v) is 83.5. The Morgan fingerprint density at radius 3 is 1.09 bits per heavy atom. The van der Waals surface area contributed by atoms with Gasteiger partial charge in [-0.15, -0.1) is 0 Å². The number of nitrogens with two attached hydrogens (primary N) is 3. The fourth-order valence-corrected chi connectivity index (χ4v) is 16.1. The summed E-state index contributed by atoms with van der Waals surface area (Å²) in [7, 11) is 0. The van der Waals surface area contributed by atoms with Crippen molar-refractivity contribution < 1.29 is 43.0 Å². The first-order valence-electron chi connectivity index (χ1n) is 47.3. The van der Waals surface area contributed by atoms with Gasteiger partial charge in [-0.05, 0) is 248 Å². The SMILES string of the molecule is C=CC(=O)Cc1cccc(Nc2cc(N3CCCC(N)C3)nc3c(CC)cnn23)c1.C=CC(=O)Cc1cccc(Nc2cc(N3CCCC(NC(=O)OC(C)(C)C)C3)nc3c(CC)cnn23)c1.C=CC(=O)Cl.CC(C)(C)OC(=O)NC1CCCNC1.CCc1cnn2c(Nc3cccc(N)c3)cc(Cl)nc12.CCc1cnn2c(Nc3cccc(N)c3)cc(N3CCCC(NC(=O)OC(C)(C)C)C3)nc12. The molecule has 4 saturated heterocycles. The summed E-state index contributed by atoms with van der Waals surface area (Å²) in [6.07, 6.45) is 22.0. The number of alkyl carbamates (subject to hydrolysis) is 3. The molecule has 139 heavy (non-hydrogen) atoms. The van der Waals surface area contributed by atoms with Gasteiger partial charge in [-0.2, -0.15) is 38.5 Å². The summed E-state index contributed by atoms with van der Waals surface area (Å²) in [6.45, 7) is 42.0. The number of ether oxygens (including phenoxy) is 3. The monoisotopic (exact) mass is 1940 g/mol. The van der Waals surface area contributed by atoms with Gasteiger partial charge < -0.3 is 88.6 Å². The van der Waals surface area contributed by atoms with Gasteiger partial charge in [0.15, 0.2) is 34.2 Å². The van der Waals surface area contributed by atoms with Gasteiger partial charge in [0.1, 0.15) is 62.7 Å². The number of carbonyl (C=O) groups excluding carboxylic acids is 6.